The Bertz CT molecular complexity index is 151. The van der Waals surface area contributed by atoms with Crippen LogP contribution in [0.3, 0.4) is 0 Å². The Morgan fingerprint density at radius 3 is 2.31 bits per heavy atom. The number of rotatable bonds is 6. The molecule has 3 unspecified atom stereocenters. The van der Waals surface area contributed by atoms with E-state index in [1.54, 1.807) is 0 Å². The second-order valence-corrected chi connectivity index (χ2v) is 4.35. The van der Waals surface area contributed by atoms with Crippen LogP contribution in [0.15, 0.2) is 12.2 Å². The second kappa shape index (κ2) is 6.20. The molecule has 0 saturated heterocycles. The zero-order chi connectivity index (χ0) is 10.4. The average molecular weight is 183 g/mol. The molecule has 0 bridgehead atoms. The first-order chi connectivity index (χ1) is 6.00. The lowest BCUT2D eigenvalue weighted by Gasteiger charge is -2.26. The Hall–Kier alpha value is -0.300. The molecule has 0 aliphatic rings. The Kier molecular flexibility index (Phi) is 6.06. The topological polar surface area (TPSA) is 26.0 Å². The molecule has 0 spiro atoms. The van der Waals surface area contributed by atoms with E-state index in [1.165, 1.54) is 19.3 Å². The van der Waals surface area contributed by atoms with E-state index in [1.807, 2.05) is 6.92 Å². The van der Waals surface area contributed by atoms with E-state index in [0.29, 0.717) is 11.8 Å². The van der Waals surface area contributed by atoms with Crippen molar-refractivity contribution >= 4 is 0 Å². The molecule has 13 heavy (non-hydrogen) atoms. The molecular formula is C12H25N. The highest BCUT2D eigenvalue weighted by Gasteiger charge is 2.19. The summed E-state index contributed by atoms with van der Waals surface area (Å²) in [6.45, 7) is 12.7. The predicted octanol–water partition coefficient (Wildman–Crippen LogP) is 3.35. The van der Waals surface area contributed by atoms with Crippen molar-refractivity contribution in [3.63, 3.8) is 0 Å². The van der Waals surface area contributed by atoms with Crippen LogP contribution < -0.4 is 5.73 Å². The highest BCUT2D eigenvalue weighted by molar-refractivity contribution is 5.02. The third-order valence-electron chi connectivity index (χ3n) is 3.05. The molecule has 2 N–H and O–H groups in total. The fourth-order valence-electron chi connectivity index (χ4n) is 1.59. The van der Waals surface area contributed by atoms with Gasteiger partial charge in [0.05, 0.1) is 0 Å². The summed E-state index contributed by atoms with van der Waals surface area (Å²) in [5.41, 5.74) is 7.14. The van der Waals surface area contributed by atoms with Gasteiger partial charge in [-0.3, -0.25) is 0 Å². The van der Waals surface area contributed by atoms with Crippen molar-refractivity contribution in [2.75, 3.05) is 0 Å². The summed E-state index contributed by atoms with van der Waals surface area (Å²) in [5.74, 6) is 1.27. The first-order valence-corrected chi connectivity index (χ1v) is 5.41. The maximum Gasteiger partial charge on any atom is 0.0276 e. The van der Waals surface area contributed by atoms with Crippen LogP contribution in [0, 0.1) is 11.8 Å². The number of hydrogen-bond acceptors (Lipinski definition) is 1. The lowest BCUT2D eigenvalue weighted by atomic mass is 9.83. The summed E-state index contributed by atoms with van der Waals surface area (Å²) in [6.07, 6.45) is 3.88. The molecule has 0 aliphatic carbocycles. The van der Waals surface area contributed by atoms with Crippen LogP contribution in [0.2, 0.25) is 0 Å². The van der Waals surface area contributed by atoms with E-state index in [2.05, 4.69) is 27.4 Å². The van der Waals surface area contributed by atoms with Gasteiger partial charge in [0.2, 0.25) is 0 Å². The number of nitrogens with two attached hydrogens (primary N) is 1. The molecule has 78 valence electrons. The minimum Gasteiger partial charge on any atom is -0.324 e. The molecule has 3 atom stereocenters. The van der Waals surface area contributed by atoms with E-state index in [4.69, 9.17) is 5.73 Å². The van der Waals surface area contributed by atoms with Gasteiger partial charge in [0.1, 0.15) is 0 Å². The van der Waals surface area contributed by atoms with Crippen LogP contribution in [-0.2, 0) is 0 Å². The highest BCUT2D eigenvalue weighted by atomic mass is 14.6. The van der Waals surface area contributed by atoms with Gasteiger partial charge < -0.3 is 5.73 Å². The van der Waals surface area contributed by atoms with Gasteiger partial charge in [0, 0.05) is 6.04 Å². The molecule has 1 heteroatoms. The molecule has 0 heterocycles. The largest absolute Gasteiger partial charge is 0.324 e. The minimum atomic E-state index is 0.173. The van der Waals surface area contributed by atoms with Gasteiger partial charge in [0.25, 0.3) is 0 Å². The predicted molar refractivity (Wildman–Crippen MR) is 60.6 cm³/mol. The van der Waals surface area contributed by atoms with Gasteiger partial charge in [-0.25, -0.2) is 0 Å². The Labute approximate surface area is 83.4 Å². The van der Waals surface area contributed by atoms with Crippen molar-refractivity contribution in [3.8, 4) is 0 Å². The van der Waals surface area contributed by atoms with E-state index in [9.17, 15) is 0 Å². The van der Waals surface area contributed by atoms with Crippen molar-refractivity contribution in [2.24, 2.45) is 17.6 Å². The summed E-state index contributed by atoms with van der Waals surface area (Å²) in [5, 5.41) is 0. The summed E-state index contributed by atoms with van der Waals surface area (Å²) in [7, 11) is 0. The zero-order valence-electron chi connectivity index (χ0n) is 9.64. The molecule has 0 aromatic rings. The third-order valence-corrected chi connectivity index (χ3v) is 3.05. The van der Waals surface area contributed by atoms with Crippen molar-refractivity contribution in [1.29, 1.82) is 0 Å². The van der Waals surface area contributed by atoms with Crippen LogP contribution in [0.5, 0.6) is 0 Å². The lowest BCUT2D eigenvalue weighted by molar-refractivity contribution is 0.323. The number of hydrogen-bond donors (Lipinski definition) is 1. The van der Waals surface area contributed by atoms with E-state index in [0.717, 1.165) is 5.57 Å². The van der Waals surface area contributed by atoms with Crippen molar-refractivity contribution in [3.05, 3.63) is 12.2 Å². The minimum absolute atomic E-state index is 0.173. The fourth-order valence-corrected chi connectivity index (χ4v) is 1.59. The van der Waals surface area contributed by atoms with Gasteiger partial charge >= 0.3 is 0 Å². The quantitative estimate of drug-likeness (QED) is 0.628. The molecule has 0 rings (SSSR count). The summed E-state index contributed by atoms with van der Waals surface area (Å²) < 4.78 is 0. The Morgan fingerprint density at radius 1 is 1.38 bits per heavy atom. The standard InChI is InChI=1S/C12H25N/c1-6-7-8-10(4)11(5)12(13)9(2)3/h10-12H,2,6-8,13H2,1,3-5H3. The summed E-state index contributed by atoms with van der Waals surface area (Å²) in [6, 6.07) is 0.173. The molecule has 0 aromatic heterocycles. The molecule has 0 aliphatic heterocycles. The van der Waals surface area contributed by atoms with E-state index < -0.39 is 0 Å². The van der Waals surface area contributed by atoms with E-state index in [-0.39, 0.29) is 6.04 Å². The second-order valence-electron chi connectivity index (χ2n) is 4.35. The number of unbranched alkanes of at least 4 members (excludes halogenated alkanes) is 1. The molecule has 0 amide bonds. The van der Waals surface area contributed by atoms with E-state index >= 15 is 0 Å². The first kappa shape index (κ1) is 12.7. The normalized spacial score (nSPS) is 17.9. The Morgan fingerprint density at radius 2 is 1.92 bits per heavy atom. The molecule has 0 radical (unpaired) electrons. The van der Waals surface area contributed by atoms with Crippen LogP contribution >= 0.6 is 0 Å². The third kappa shape index (κ3) is 4.47. The molecule has 0 aromatic carbocycles. The van der Waals surface area contributed by atoms with Crippen LogP contribution in [0.4, 0.5) is 0 Å². The van der Waals surface area contributed by atoms with Crippen LogP contribution in [0.25, 0.3) is 0 Å². The van der Waals surface area contributed by atoms with Gasteiger partial charge in [-0.15, -0.1) is 0 Å². The van der Waals surface area contributed by atoms with Gasteiger partial charge in [-0.2, -0.15) is 0 Å². The monoisotopic (exact) mass is 183 g/mol. The Balaban J connectivity index is 3.93. The average Bonchev–Trinajstić information content (AvgIpc) is 2.11. The summed E-state index contributed by atoms with van der Waals surface area (Å²) >= 11 is 0. The smallest absolute Gasteiger partial charge is 0.0276 e. The van der Waals surface area contributed by atoms with Gasteiger partial charge in [-0.1, -0.05) is 52.2 Å². The molecule has 0 fully saturated rings. The SMILES string of the molecule is C=C(C)C(N)C(C)C(C)CCCC. The summed E-state index contributed by atoms with van der Waals surface area (Å²) in [4.78, 5) is 0. The molecular weight excluding hydrogens is 158 g/mol. The maximum atomic E-state index is 6.03. The van der Waals surface area contributed by atoms with Crippen LogP contribution in [0.1, 0.15) is 47.0 Å². The molecule has 0 saturated carbocycles. The van der Waals surface area contributed by atoms with Crippen molar-refractivity contribution in [2.45, 2.75) is 53.0 Å². The molecule has 1 nitrogen and oxygen atoms in total. The first-order valence-electron chi connectivity index (χ1n) is 5.41. The van der Waals surface area contributed by atoms with Crippen molar-refractivity contribution in [1.82, 2.24) is 0 Å². The maximum absolute atomic E-state index is 6.03. The lowest BCUT2D eigenvalue weighted by Crippen LogP contribution is -2.33. The fraction of sp³-hybridized carbons (Fsp3) is 0.833. The van der Waals surface area contributed by atoms with Crippen molar-refractivity contribution < 1.29 is 0 Å². The van der Waals surface area contributed by atoms with Gasteiger partial charge in [0.15, 0.2) is 0 Å². The van der Waals surface area contributed by atoms with Crippen LogP contribution in [-0.4, -0.2) is 6.04 Å². The van der Waals surface area contributed by atoms with Gasteiger partial charge in [-0.05, 0) is 18.8 Å². The zero-order valence-corrected chi connectivity index (χ0v) is 9.64. The highest BCUT2D eigenvalue weighted by Crippen LogP contribution is 2.22.